The van der Waals surface area contributed by atoms with Crippen LogP contribution in [0.2, 0.25) is 0 Å². The van der Waals surface area contributed by atoms with Crippen molar-refractivity contribution >= 4 is 5.97 Å². The molecule has 0 bridgehead atoms. The Bertz CT molecular complexity index is 166. The molecule has 0 heterocycles. The SMILES string of the molecule is C=C(C)C(=O)OC(C)N(C)C.N. The van der Waals surface area contributed by atoms with Gasteiger partial charge in [-0.05, 0) is 27.9 Å². The quantitative estimate of drug-likeness (QED) is 0.396. The largest absolute Gasteiger partial charge is 0.443 e. The maximum absolute atomic E-state index is 10.9. The van der Waals surface area contributed by atoms with Crippen molar-refractivity contribution in [3.63, 3.8) is 0 Å². The van der Waals surface area contributed by atoms with Crippen molar-refractivity contribution in [2.24, 2.45) is 0 Å². The zero-order valence-electron chi connectivity index (χ0n) is 8.26. The van der Waals surface area contributed by atoms with Gasteiger partial charge in [0.15, 0.2) is 6.23 Å². The molecule has 0 amide bonds. The lowest BCUT2D eigenvalue weighted by molar-refractivity contribution is -0.150. The van der Waals surface area contributed by atoms with Crippen LogP contribution in [0.15, 0.2) is 12.2 Å². The molecule has 1 atom stereocenters. The molecule has 0 aromatic rings. The number of hydrogen-bond acceptors (Lipinski definition) is 4. The number of hydrogen-bond donors (Lipinski definition) is 1. The average Bonchev–Trinajstić information content (AvgIpc) is 1.87. The topological polar surface area (TPSA) is 64.5 Å². The second-order valence-corrected chi connectivity index (χ2v) is 2.75. The molecule has 0 spiro atoms. The molecule has 0 fully saturated rings. The van der Waals surface area contributed by atoms with Gasteiger partial charge in [0, 0.05) is 5.57 Å². The summed E-state index contributed by atoms with van der Waals surface area (Å²) in [7, 11) is 3.69. The number of ether oxygens (including phenoxy) is 1. The highest BCUT2D eigenvalue weighted by atomic mass is 16.6. The minimum atomic E-state index is -0.341. The monoisotopic (exact) mass is 174 g/mol. The summed E-state index contributed by atoms with van der Waals surface area (Å²) < 4.78 is 4.96. The second-order valence-electron chi connectivity index (χ2n) is 2.75. The van der Waals surface area contributed by atoms with Gasteiger partial charge >= 0.3 is 5.97 Å². The molecule has 3 N–H and O–H groups in total. The number of carbonyl (C=O) groups excluding carboxylic acids is 1. The van der Waals surface area contributed by atoms with Crippen molar-refractivity contribution in [3.8, 4) is 0 Å². The van der Waals surface area contributed by atoms with Crippen LogP contribution in [0.25, 0.3) is 0 Å². The van der Waals surface area contributed by atoms with Gasteiger partial charge in [-0.1, -0.05) is 6.58 Å². The summed E-state index contributed by atoms with van der Waals surface area (Å²) in [5, 5.41) is 0. The van der Waals surface area contributed by atoms with Gasteiger partial charge in [0.05, 0.1) is 0 Å². The summed E-state index contributed by atoms with van der Waals surface area (Å²) in [5.41, 5.74) is 0.429. The van der Waals surface area contributed by atoms with E-state index in [1.165, 1.54) is 0 Å². The Balaban J connectivity index is 0. The first-order valence-corrected chi connectivity index (χ1v) is 3.48. The maximum atomic E-state index is 10.9. The summed E-state index contributed by atoms with van der Waals surface area (Å²) >= 11 is 0. The van der Waals surface area contributed by atoms with E-state index in [9.17, 15) is 4.79 Å². The number of carbonyl (C=O) groups is 1. The van der Waals surface area contributed by atoms with Crippen LogP contribution in [0.1, 0.15) is 13.8 Å². The molecule has 0 radical (unpaired) electrons. The van der Waals surface area contributed by atoms with Crippen LogP contribution < -0.4 is 6.15 Å². The second kappa shape index (κ2) is 5.74. The molecule has 4 heteroatoms. The van der Waals surface area contributed by atoms with Crippen molar-refractivity contribution in [1.82, 2.24) is 11.1 Å². The van der Waals surface area contributed by atoms with Crippen LogP contribution in [0, 0.1) is 0 Å². The van der Waals surface area contributed by atoms with Crippen molar-refractivity contribution in [3.05, 3.63) is 12.2 Å². The molecule has 0 aliphatic carbocycles. The van der Waals surface area contributed by atoms with E-state index in [0.717, 1.165) is 0 Å². The van der Waals surface area contributed by atoms with E-state index >= 15 is 0 Å². The maximum Gasteiger partial charge on any atom is 0.334 e. The molecule has 0 aliphatic rings. The minimum Gasteiger partial charge on any atom is -0.443 e. The molecule has 4 nitrogen and oxygen atoms in total. The van der Waals surface area contributed by atoms with Crippen molar-refractivity contribution in [1.29, 1.82) is 0 Å². The van der Waals surface area contributed by atoms with Crippen LogP contribution in [-0.2, 0) is 9.53 Å². The third kappa shape index (κ3) is 4.87. The summed E-state index contributed by atoms with van der Waals surface area (Å²) in [6, 6.07) is 0. The summed E-state index contributed by atoms with van der Waals surface area (Å²) in [5.74, 6) is -0.341. The lowest BCUT2D eigenvalue weighted by atomic mass is 10.4. The van der Waals surface area contributed by atoms with E-state index in [2.05, 4.69) is 6.58 Å². The molecule has 12 heavy (non-hydrogen) atoms. The minimum absolute atomic E-state index is 0. The molecular formula is C8H18N2O2. The van der Waals surface area contributed by atoms with Gasteiger partial charge in [0.2, 0.25) is 0 Å². The molecular weight excluding hydrogens is 156 g/mol. The third-order valence-electron chi connectivity index (χ3n) is 1.35. The summed E-state index contributed by atoms with van der Waals surface area (Å²) in [4.78, 5) is 12.7. The lowest BCUT2D eigenvalue weighted by Gasteiger charge is -2.19. The Morgan fingerprint density at radius 1 is 1.50 bits per heavy atom. The van der Waals surface area contributed by atoms with Gasteiger partial charge in [0.25, 0.3) is 0 Å². The van der Waals surface area contributed by atoms with Crippen LogP contribution in [0.3, 0.4) is 0 Å². The fourth-order valence-corrected chi connectivity index (χ4v) is 0.361. The van der Waals surface area contributed by atoms with Gasteiger partial charge in [-0.3, -0.25) is 4.90 Å². The molecule has 0 aromatic heterocycles. The lowest BCUT2D eigenvalue weighted by Crippen LogP contribution is -2.30. The zero-order valence-corrected chi connectivity index (χ0v) is 8.26. The van der Waals surface area contributed by atoms with Gasteiger partial charge in [-0.15, -0.1) is 0 Å². The fraction of sp³-hybridized carbons (Fsp3) is 0.625. The first kappa shape index (κ1) is 13.7. The van der Waals surface area contributed by atoms with Gasteiger partial charge < -0.3 is 10.9 Å². The Kier molecular flexibility index (Phi) is 6.55. The number of rotatable bonds is 3. The third-order valence-corrected chi connectivity index (χ3v) is 1.35. The Hall–Kier alpha value is -0.870. The number of esters is 1. The van der Waals surface area contributed by atoms with Crippen LogP contribution in [0.4, 0.5) is 0 Å². The van der Waals surface area contributed by atoms with Gasteiger partial charge in [0.1, 0.15) is 0 Å². The Morgan fingerprint density at radius 3 is 2.17 bits per heavy atom. The molecule has 0 saturated carbocycles. The van der Waals surface area contributed by atoms with E-state index in [1.54, 1.807) is 18.7 Å². The average molecular weight is 174 g/mol. The van der Waals surface area contributed by atoms with Crippen molar-refractivity contribution in [2.45, 2.75) is 20.1 Å². The van der Waals surface area contributed by atoms with Crippen LogP contribution >= 0.6 is 0 Å². The molecule has 0 saturated heterocycles. The summed E-state index contributed by atoms with van der Waals surface area (Å²) in [6.45, 7) is 6.91. The van der Waals surface area contributed by atoms with E-state index in [-0.39, 0.29) is 18.3 Å². The first-order valence-electron chi connectivity index (χ1n) is 3.48. The molecule has 0 rings (SSSR count). The van der Waals surface area contributed by atoms with E-state index < -0.39 is 0 Å². The first-order chi connectivity index (χ1) is 4.95. The smallest absolute Gasteiger partial charge is 0.334 e. The normalized spacial score (nSPS) is 11.8. The Morgan fingerprint density at radius 2 is 1.92 bits per heavy atom. The highest BCUT2D eigenvalue weighted by Gasteiger charge is 2.10. The molecule has 0 aromatic carbocycles. The number of nitrogens with zero attached hydrogens (tertiary/aromatic N) is 1. The fourth-order valence-electron chi connectivity index (χ4n) is 0.361. The Labute approximate surface area is 73.8 Å². The van der Waals surface area contributed by atoms with Crippen molar-refractivity contribution < 1.29 is 9.53 Å². The van der Waals surface area contributed by atoms with Crippen molar-refractivity contribution in [2.75, 3.05) is 14.1 Å². The van der Waals surface area contributed by atoms with E-state index in [4.69, 9.17) is 4.74 Å². The molecule has 1 unspecified atom stereocenters. The standard InChI is InChI=1S/C8H15NO2.H3N/c1-6(2)8(10)11-7(3)9(4)5;/h7H,1H2,2-5H3;1H3. The van der Waals surface area contributed by atoms with E-state index in [0.29, 0.717) is 5.57 Å². The molecule has 0 aliphatic heterocycles. The van der Waals surface area contributed by atoms with E-state index in [1.807, 2.05) is 14.1 Å². The molecule has 72 valence electrons. The van der Waals surface area contributed by atoms with Crippen LogP contribution in [0.5, 0.6) is 0 Å². The highest BCUT2D eigenvalue weighted by Crippen LogP contribution is 1.99. The predicted molar refractivity (Wildman–Crippen MR) is 49.1 cm³/mol. The highest BCUT2D eigenvalue weighted by molar-refractivity contribution is 5.87. The predicted octanol–water partition coefficient (Wildman–Crippen LogP) is 1.18. The van der Waals surface area contributed by atoms with Gasteiger partial charge in [-0.25, -0.2) is 4.79 Å². The summed E-state index contributed by atoms with van der Waals surface area (Å²) in [6.07, 6.45) is -0.195. The zero-order chi connectivity index (χ0) is 9.02. The van der Waals surface area contributed by atoms with Gasteiger partial charge in [-0.2, -0.15) is 0 Å². The van der Waals surface area contributed by atoms with Crippen LogP contribution in [-0.4, -0.2) is 31.2 Å².